The van der Waals surface area contributed by atoms with Crippen molar-refractivity contribution in [1.29, 1.82) is 0 Å². The van der Waals surface area contributed by atoms with Crippen LogP contribution in [-0.2, 0) is 21.2 Å². The number of carbonyl (C=O) groups is 1. The number of aromatic nitrogens is 1. The van der Waals surface area contributed by atoms with Gasteiger partial charge in [-0.2, -0.15) is 0 Å². The lowest BCUT2D eigenvalue weighted by Crippen LogP contribution is -2.26. The number of hydrogen-bond donors (Lipinski definition) is 1. The Morgan fingerprint density at radius 2 is 2.00 bits per heavy atom. The minimum absolute atomic E-state index is 0.000993. The first-order chi connectivity index (χ1) is 13.9. The number of nitrogens with one attached hydrogen (secondary N) is 1. The van der Waals surface area contributed by atoms with Crippen LogP contribution in [0.4, 0.5) is 11.5 Å². The molecule has 0 aliphatic carbocycles. The van der Waals surface area contributed by atoms with E-state index < -0.39 is 9.84 Å². The predicted molar refractivity (Wildman–Crippen MR) is 115 cm³/mol. The second kappa shape index (κ2) is 7.65. The summed E-state index contributed by atoms with van der Waals surface area (Å²) in [5.74, 6) is 0.148. The molecule has 8 heteroatoms. The van der Waals surface area contributed by atoms with Gasteiger partial charge < -0.3 is 10.2 Å². The number of rotatable bonds is 3. The van der Waals surface area contributed by atoms with Crippen LogP contribution in [0.3, 0.4) is 0 Å². The van der Waals surface area contributed by atoms with Gasteiger partial charge in [-0.15, -0.1) is 11.6 Å². The number of pyridine rings is 1. The average molecular weight is 430 g/mol. The van der Waals surface area contributed by atoms with Crippen molar-refractivity contribution in [2.75, 3.05) is 28.4 Å². The third-order valence-corrected chi connectivity index (χ3v) is 7.00. The van der Waals surface area contributed by atoms with Gasteiger partial charge in [0.15, 0.2) is 9.84 Å². The molecule has 0 saturated heterocycles. The fraction of sp³-hybridized carbons (Fsp3) is 0.238. The van der Waals surface area contributed by atoms with Gasteiger partial charge in [0.05, 0.1) is 21.9 Å². The number of alkyl halides is 1. The van der Waals surface area contributed by atoms with E-state index in [1.165, 1.54) is 0 Å². The van der Waals surface area contributed by atoms with E-state index in [1.54, 1.807) is 18.2 Å². The number of nitrogens with zero attached hydrogens (tertiary/aromatic N) is 2. The van der Waals surface area contributed by atoms with Gasteiger partial charge in [-0.3, -0.25) is 4.79 Å². The van der Waals surface area contributed by atoms with Gasteiger partial charge in [0.1, 0.15) is 11.7 Å². The number of sulfone groups is 1. The van der Waals surface area contributed by atoms with Crippen molar-refractivity contribution in [2.24, 2.45) is 0 Å². The Kier molecular flexibility index (Phi) is 5.19. The van der Waals surface area contributed by atoms with Gasteiger partial charge in [-0.1, -0.05) is 29.8 Å². The molecule has 1 aliphatic heterocycles. The average Bonchev–Trinajstić information content (AvgIpc) is 2.84. The van der Waals surface area contributed by atoms with E-state index in [0.29, 0.717) is 29.5 Å². The van der Waals surface area contributed by atoms with Crippen molar-refractivity contribution in [1.82, 2.24) is 4.98 Å². The second-order valence-electron chi connectivity index (χ2n) is 7.08. The fourth-order valence-electron chi connectivity index (χ4n) is 3.53. The van der Waals surface area contributed by atoms with Crippen LogP contribution in [0, 0.1) is 6.92 Å². The Bertz CT molecular complexity index is 1210. The zero-order valence-electron chi connectivity index (χ0n) is 15.9. The molecule has 6 nitrogen and oxygen atoms in total. The smallest absolute Gasteiger partial charge is 0.239 e. The molecule has 1 N–H and O–H groups in total. The summed E-state index contributed by atoms with van der Waals surface area (Å²) in [5, 5.41) is 3.65. The van der Waals surface area contributed by atoms with Crippen molar-refractivity contribution < 1.29 is 13.2 Å². The molecule has 1 aromatic heterocycles. The fourth-order valence-corrected chi connectivity index (χ4v) is 5.10. The number of hydrogen-bond acceptors (Lipinski definition) is 5. The molecular weight excluding hydrogens is 410 g/mol. The summed E-state index contributed by atoms with van der Waals surface area (Å²) < 4.78 is 25.3. The lowest BCUT2D eigenvalue weighted by Gasteiger charge is -2.23. The van der Waals surface area contributed by atoms with Crippen LogP contribution >= 0.6 is 11.6 Å². The summed E-state index contributed by atoms with van der Waals surface area (Å²) in [6, 6.07) is 14.6. The van der Waals surface area contributed by atoms with Crippen molar-refractivity contribution in [2.45, 2.75) is 18.4 Å². The molecule has 150 valence electrons. The number of halogens is 1. The van der Waals surface area contributed by atoms with E-state index in [2.05, 4.69) is 5.32 Å². The van der Waals surface area contributed by atoms with E-state index in [4.69, 9.17) is 16.6 Å². The zero-order valence-corrected chi connectivity index (χ0v) is 17.4. The highest BCUT2D eigenvalue weighted by Crippen LogP contribution is 2.31. The molecule has 0 fully saturated rings. The molecule has 29 heavy (non-hydrogen) atoms. The minimum atomic E-state index is -3.36. The highest BCUT2D eigenvalue weighted by molar-refractivity contribution is 7.91. The van der Waals surface area contributed by atoms with Crippen molar-refractivity contribution in [3.63, 3.8) is 0 Å². The molecule has 2 heterocycles. The van der Waals surface area contributed by atoms with Crippen LogP contribution in [0.1, 0.15) is 11.1 Å². The van der Waals surface area contributed by atoms with Gasteiger partial charge in [-0.25, -0.2) is 13.4 Å². The SMILES string of the molecule is Cc1ccc2nc(N3CCS(=O)(=O)c4ccccc4C3)cc(NC(=O)CCl)c2c1. The van der Waals surface area contributed by atoms with Crippen molar-refractivity contribution in [3.05, 3.63) is 59.7 Å². The number of anilines is 2. The number of benzene rings is 2. The Hall–Kier alpha value is -2.64. The molecule has 2 aromatic carbocycles. The maximum Gasteiger partial charge on any atom is 0.239 e. The molecule has 3 aromatic rings. The maximum atomic E-state index is 12.7. The summed E-state index contributed by atoms with van der Waals surface area (Å²) in [6.07, 6.45) is 0. The number of amides is 1. The van der Waals surface area contributed by atoms with Crippen LogP contribution in [0.5, 0.6) is 0 Å². The third kappa shape index (κ3) is 3.93. The summed E-state index contributed by atoms with van der Waals surface area (Å²) in [6.45, 7) is 2.70. The van der Waals surface area contributed by atoms with E-state index in [0.717, 1.165) is 22.0 Å². The van der Waals surface area contributed by atoms with Crippen LogP contribution in [-0.4, -0.2) is 37.5 Å². The summed E-state index contributed by atoms with van der Waals surface area (Å²) >= 11 is 5.68. The van der Waals surface area contributed by atoms with Crippen LogP contribution < -0.4 is 10.2 Å². The zero-order chi connectivity index (χ0) is 20.6. The first kappa shape index (κ1) is 19.7. The first-order valence-corrected chi connectivity index (χ1v) is 11.4. The molecular formula is C21H20ClN3O3S. The van der Waals surface area contributed by atoms with Crippen LogP contribution in [0.2, 0.25) is 0 Å². The summed E-state index contributed by atoms with van der Waals surface area (Å²) in [5.41, 5.74) is 3.11. The molecule has 0 unspecified atom stereocenters. The molecule has 0 radical (unpaired) electrons. The van der Waals surface area contributed by atoms with Gasteiger partial charge in [0.2, 0.25) is 5.91 Å². The Labute approximate surface area is 174 Å². The van der Waals surface area contributed by atoms with Gasteiger partial charge in [0.25, 0.3) is 0 Å². The molecule has 0 spiro atoms. The predicted octanol–water partition coefficient (Wildman–Crippen LogP) is 3.51. The van der Waals surface area contributed by atoms with Crippen molar-refractivity contribution in [3.8, 4) is 0 Å². The Balaban J connectivity index is 1.82. The lowest BCUT2D eigenvalue weighted by molar-refractivity contribution is -0.113. The van der Waals surface area contributed by atoms with E-state index in [-0.39, 0.29) is 17.5 Å². The third-order valence-electron chi connectivity index (χ3n) is 4.97. The summed E-state index contributed by atoms with van der Waals surface area (Å²) in [7, 11) is -3.36. The largest absolute Gasteiger partial charge is 0.351 e. The monoisotopic (exact) mass is 429 g/mol. The maximum absolute atomic E-state index is 12.7. The van der Waals surface area contributed by atoms with Gasteiger partial charge >= 0.3 is 0 Å². The van der Waals surface area contributed by atoms with E-state index in [9.17, 15) is 13.2 Å². The second-order valence-corrected chi connectivity index (χ2v) is 9.42. The van der Waals surface area contributed by atoms with E-state index in [1.807, 2.05) is 42.2 Å². The molecule has 1 aliphatic rings. The van der Waals surface area contributed by atoms with Crippen LogP contribution in [0.25, 0.3) is 10.9 Å². The normalized spacial score (nSPS) is 15.6. The Morgan fingerprint density at radius 3 is 2.79 bits per heavy atom. The van der Waals surface area contributed by atoms with Crippen LogP contribution in [0.15, 0.2) is 53.4 Å². The topological polar surface area (TPSA) is 79.4 Å². The number of aryl methyl sites for hydroxylation is 1. The molecule has 1 amide bonds. The lowest BCUT2D eigenvalue weighted by atomic mass is 10.1. The number of carbonyl (C=O) groups excluding carboxylic acids is 1. The Morgan fingerprint density at radius 1 is 1.21 bits per heavy atom. The standard InChI is InChI=1S/C21H20ClN3O3S/c1-14-6-7-17-16(10-14)18(24-21(26)12-22)11-20(23-17)25-8-9-29(27,28)19-5-3-2-4-15(19)13-25/h2-7,10-11H,8-9,12-13H2,1H3,(H,23,24,26). The molecule has 0 atom stereocenters. The van der Waals surface area contributed by atoms with E-state index >= 15 is 0 Å². The molecule has 0 bridgehead atoms. The molecule has 0 saturated carbocycles. The number of fused-ring (bicyclic) bond motifs is 2. The highest BCUT2D eigenvalue weighted by Gasteiger charge is 2.26. The van der Waals surface area contributed by atoms with Crippen molar-refractivity contribution >= 4 is 49.8 Å². The first-order valence-electron chi connectivity index (χ1n) is 9.20. The quantitative estimate of drug-likeness (QED) is 0.644. The summed E-state index contributed by atoms with van der Waals surface area (Å²) in [4.78, 5) is 19.0. The minimum Gasteiger partial charge on any atom is -0.351 e. The molecule has 4 rings (SSSR count). The van der Waals surface area contributed by atoms with Gasteiger partial charge in [0, 0.05) is 24.5 Å². The van der Waals surface area contributed by atoms with Gasteiger partial charge in [-0.05, 0) is 30.7 Å². The highest BCUT2D eigenvalue weighted by atomic mass is 35.5.